The summed E-state index contributed by atoms with van der Waals surface area (Å²) in [4.78, 5) is 12.6. The van der Waals surface area contributed by atoms with E-state index in [1.807, 2.05) is 30.3 Å². The Hall–Kier alpha value is -1.75. The lowest BCUT2D eigenvalue weighted by Gasteiger charge is -2.31. The van der Waals surface area contributed by atoms with Crippen LogP contribution in [-0.4, -0.2) is 16.6 Å². The van der Waals surface area contributed by atoms with Crippen molar-refractivity contribution in [2.24, 2.45) is 21.8 Å². The van der Waals surface area contributed by atoms with Gasteiger partial charge in [-0.1, -0.05) is 39.0 Å². The van der Waals surface area contributed by atoms with Gasteiger partial charge in [0.15, 0.2) is 10.9 Å². The number of ketones is 1. The van der Waals surface area contributed by atoms with Crippen LogP contribution < -0.4 is 10.7 Å². The summed E-state index contributed by atoms with van der Waals surface area (Å²) in [5.41, 5.74) is 4.06. The zero-order valence-electron chi connectivity index (χ0n) is 13.1. The number of fused-ring (bicyclic) bond motifs is 2. The van der Waals surface area contributed by atoms with E-state index in [-0.39, 0.29) is 22.5 Å². The van der Waals surface area contributed by atoms with Gasteiger partial charge in [0.05, 0.1) is 0 Å². The highest BCUT2D eigenvalue weighted by molar-refractivity contribution is 7.80. The topological polar surface area (TPSA) is 53.5 Å². The minimum atomic E-state index is -0.285. The molecule has 3 rings (SSSR count). The lowest BCUT2D eigenvalue weighted by Crippen LogP contribution is -2.34. The Balaban J connectivity index is 1.72. The maximum absolute atomic E-state index is 12.6. The molecule has 22 heavy (non-hydrogen) atoms. The zero-order valence-corrected chi connectivity index (χ0v) is 14.0. The number of benzene rings is 1. The summed E-state index contributed by atoms with van der Waals surface area (Å²) >= 11 is 5.24. The Kier molecular flexibility index (Phi) is 3.56. The Morgan fingerprint density at radius 3 is 2.55 bits per heavy atom. The monoisotopic (exact) mass is 315 g/mol. The molecule has 0 unspecified atom stereocenters. The van der Waals surface area contributed by atoms with Crippen molar-refractivity contribution in [1.29, 1.82) is 0 Å². The molecular weight excluding hydrogens is 294 g/mol. The van der Waals surface area contributed by atoms with E-state index >= 15 is 0 Å². The SMILES string of the molecule is CC1(C)[C@H]2CC[C@]1(C)C(=O)C2=NNC(=S)Nc1ccccc1. The number of Topliss-reactive ketones (excluding diaryl/α,β-unsaturated/α-hetero) is 1. The fourth-order valence-corrected chi connectivity index (χ4v) is 3.91. The number of carbonyl (C=O) groups is 1. The van der Waals surface area contributed by atoms with Gasteiger partial charge in [-0.2, -0.15) is 5.10 Å². The number of nitrogens with zero attached hydrogens (tertiary/aromatic N) is 1. The molecule has 2 fully saturated rings. The van der Waals surface area contributed by atoms with E-state index < -0.39 is 0 Å². The van der Waals surface area contributed by atoms with Crippen LogP contribution in [0.2, 0.25) is 0 Å². The van der Waals surface area contributed by atoms with Gasteiger partial charge in [-0.05, 0) is 42.6 Å². The molecule has 2 atom stereocenters. The van der Waals surface area contributed by atoms with Crippen LogP contribution in [-0.2, 0) is 4.79 Å². The van der Waals surface area contributed by atoms with Crippen molar-refractivity contribution in [3.8, 4) is 0 Å². The van der Waals surface area contributed by atoms with E-state index in [2.05, 4.69) is 36.6 Å². The summed E-state index contributed by atoms with van der Waals surface area (Å²) in [6.45, 7) is 6.41. The average Bonchev–Trinajstić information content (AvgIpc) is 2.79. The molecule has 0 radical (unpaired) electrons. The Labute approximate surface area is 136 Å². The number of hydrogen-bond acceptors (Lipinski definition) is 3. The fourth-order valence-electron chi connectivity index (χ4n) is 3.75. The van der Waals surface area contributed by atoms with E-state index in [4.69, 9.17) is 12.2 Å². The second kappa shape index (κ2) is 5.16. The quantitative estimate of drug-likeness (QED) is 0.649. The molecule has 0 saturated heterocycles. The van der Waals surface area contributed by atoms with Crippen LogP contribution >= 0.6 is 12.2 Å². The number of rotatable bonds is 2. The Morgan fingerprint density at radius 2 is 1.95 bits per heavy atom. The standard InChI is InChI=1S/C17H21N3OS/c1-16(2)12-9-10-17(16,3)14(21)13(12)19-20-15(22)18-11-7-5-4-6-8-11/h4-8,12H,9-10H2,1-3H3,(H2,18,20,22)/t12-,17+/m0/s1. The normalized spacial score (nSPS) is 30.6. The van der Waals surface area contributed by atoms with Crippen molar-refractivity contribution in [3.05, 3.63) is 30.3 Å². The second-order valence-electron chi connectivity index (χ2n) is 6.90. The molecule has 0 amide bonds. The molecule has 1 aromatic carbocycles. The van der Waals surface area contributed by atoms with Gasteiger partial charge in [0.25, 0.3) is 0 Å². The van der Waals surface area contributed by atoms with Crippen molar-refractivity contribution in [1.82, 2.24) is 5.43 Å². The minimum Gasteiger partial charge on any atom is -0.331 e. The Bertz CT molecular complexity index is 653. The number of hydrogen-bond donors (Lipinski definition) is 2. The number of thiocarbonyl (C=S) groups is 1. The molecule has 4 nitrogen and oxygen atoms in total. The maximum atomic E-state index is 12.6. The number of hydrazone groups is 1. The summed E-state index contributed by atoms with van der Waals surface area (Å²) in [5.74, 6) is 0.390. The number of para-hydroxylation sites is 1. The summed E-state index contributed by atoms with van der Waals surface area (Å²) in [7, 11) is 0. The van der Waals surface area contributed by atoms with E-state index in [9.17, 15) is 4.79 Å². The van der Waals surface area contributed by atoms with Crippen LogP contribution in [0.3, 0.4) is 0 Å². The fraction of sp³-hybridized carbons (Fsp3) is 0.471. The predicted molar refractivity (Wildman–Crippen MR) is 92.9 cm³/mol. The molecule has 116 valence electrons. The lowest BCUT2D eigenvalue weighted by molar-refractivity contribution is -0.123. The Morgan fingerprint density at radius 1 is 1.27 bits per heavy atom. The largest absolute Gasteiger partial charge is 0.331 e. The van der Waals surface area contributed by atoms with E-state index in [0.717, 1.165) is 18.5 Å². The van der Waals surface area contributed by atoms with Gasteiger partial charge in [-0.15, -0.1) is 0 Å². The van der Waals surface area contributed by atoms with Crippen molar-refractivity contribution in [2.45, 2.75) is 33.6 Å². The van der Waals surface area contributed by atoms with Gasteiger partial charge in [-0.3, -0.25) is 10.2 Å². The molecule has 2 saturated carbocycles. The smallest absolute Gasteiger partial charge is 0.191 e. The number of anilines is 1. The third-order valence-electron chi connectivity index (χ3n) is 5.60. The van der Waals surface area contributed by atoms with Crippen LogP contribution in [0.4, 0.5) is 5.69 Å². The molecular formula is C17H21N3OS. The van der Waals surface area contributed by atoms with E-state index in [0.29, 0.717) is 10.8 Å². The molecule has 0 heterocycles. The molecule has 2 bridgehead atoms. The molecule has 1 aromatic rings. The zero-order chi connectivity index (χ0) is 16.0. The highest BCUT2D eigenvalue weighted by atomic mass is 32.1. The van der Waals surface area contributed by atoms with Crippen LogP contribution in [0, 0.1) is 16.7 Å². The lowest BCUT2D eigenvalue weighted by atomic mass is 9.70. The van der Waals surface area contributed by atoms with Crippen LogP contribution in [0.25, 0.3) is 0 Å². The second-order valence-corrected chi connectivity index (χ2v) is 7.31. The van der Waals surface area contributed by atoms with Crippen LogP contribution in [0.1, 0.15) is 33.6 Å². The molecule has 2 aliphatic carbocycles. The number of nitrogens with one attached hydrogen (secondary N) is 2. The van der Waals surface area contributed by atoms with E-state index in [1.165, 1.54) is 0 Å². The van der Waals surface area contributed by atoms with Gasteiger partial charge in [0, 0.05) is 17.0 Å². The molecule has 0 spiro atoms. The van der Waals surface area contributed by atoms with Crippen LogP contribution in [0.5, 0.6) is 0 Å². The third-order valence-corrected chi connectivity index (χ3v) is 5.79. The molecule has 0 aromatic heterocycles. The predicted octanol–water partition coefficient (Wildman–Crippen LogP) is 3.35. The van der Waals surface area contributed by atoms with Gasteiger partial charge >= 0.3 is 0 Å². The van der Waals surface area contributed by atoms with Crippen molar-refractivity contribution in [2.75, 3.05) is 5.32 Å². The first-order chi connectivity index (χ1) is 10.4. The van der Waals surface area contributed by atoms with Crippen LogP contribution in [0.15, 0.2) is 35.4 Å². The van der Waals surface area contributed by atoms with Crippen molar-refractivity contribution < 1.29 is 4.79 Å². The highest BCUT2D eigenvalue weighted by Gasteiger charge is 2.65. The number of carbonyl (C=O) groups excluding carboxylic acids is 1. The summed E-state index contributed by atoms with van der Waals surface area (Å²) in [6, 6.07) is 9.65. The first-order valence-corrected chi connectivity index (χ1v) is 8.01. The molecule has 5 heteroatoms. The maximum Gasteiger partial charge on any atom is 0.191 e. The minimum absolute atomic E-state index is 0.0287. The summed E-state index contributed by atoms with van der Waals surface area (Å²) < 4.78 is 0. The van der Waals surface area contributed by atoms with Gasteiger partial charge in [-0.25, -0.2) is 0 Å². The van der Waals surface area contributed by atoms with Gasteiger partial charge in [0.2, 0.25) is 0 Å². The van der Waals surface area contributed by atoms with E-state index in [1.54, 1.807) is 0 Å². The third kappa shape index (κ3) is 2.15. The average molecular weight is 315 g/mol. The van der Waals surface area contributed by atoms with Gasteiger partial charge in [0.1, 0.15) is 5.71 Å². The molecule has 0 aliphatic heterocycles. The van der Waals surface area contributed by atoms with Crippen molar-refractivity contribution in [3.63, 3.8) is 0 Å². The summed E-state index contributed by atoms with van der Waals surface area (Å²) in [6.07, 6.45) is 1.98. The first-order valence-electron chi connectivity index (χ1n) is 7.61. The molecule has 2 aliphatic rings. The summed E-state index contributed by atoms with van der Waals surface area (Å²) in [5, 5.41) is 7.79. The first kappa shape index (κ1) is 15.2. The highest BCUT2D eigenvalue weighted by Crippen LogP contribution is 2.62. The van der Waals surface area contributed by atoms with Crippen molar-refractivity contribution >= 4 is 34.5 Å². The van der Waals surface area contributed by atoms with Gasteiger partial charge < -0.3 is 5.32 Å². The molecule has 2 N–H and O–H groups in total.